The van der Waals surface area contributed by atoms with Crippen LogP contribution in [0.4, 0.5) is 11.4 Å². The lowest BCUT2D eigenvalue weighted by atomic mass is 10.1. The molecule has 2 amide bonds. The molecule has 0 atom stereocenters. The largest absolute Gasteiger partial charge is 0.497 e. The van der Waals surface area contributed by atoms with Crippen LogP contribution < -0.4 is 15.0 Å². The average molecular weight is 394 g/mol. The third kappa shape index (κ3) is 4.23. The van der Waals surface area contributed by atoms with E-state index in [1.165, 1.54) is 18.3 Å². The van der Waals surface area contributed by atoms with E-state index in [1.807, 2.05) is 37.3 Å². The van der Waals surface area contributed by atoms with Crippen molar-refractivity contribution in [2.24, 2.45) is 0 Å². The second-order valence-corrected chi connectivity index (χ2v) is 7.64. The molecule has 6 heteroatoms. The zero-order chi connectivity index (χ0) is 20.3. The highest BCUT2D eigenvalue weighted by molar-refractivity contribution is 7.14. The van der Waals surface area contributed by atoms with Crippen molar-refractivity contribution < 1.29 is 14.3 Å². The lowest BCUT2D eigenvalue weighted by Gasteiger charge is -2.15. The Hall–Kier alpha value is -3.12. The molecule has 1 aromatic heterocycles. The van der Waals surface area contributed by atoms with Crippen LogP contribution in [0.3, 0.4) is 0 Å². The topological polar surface area (TPSA) is 58.6 Å². The van der Waals surface area contributed by atoms with Crippen LogP contribution in [0.2, 0.25) is 0 Å². The summed E-state index contributed by atoms with van der Waals surface area (Å²) in [6.45, 7) is 3.52. The monoisotopic (exact) mass is 394 g/mol. The quantitative estimate of drug-likeness (QED) is 0.665. The molecule has 0 saturated carbocycles. The van der Waals surface area contributed by atoms with E-state index in [-0.39, 0.29) is 11.8 Å². The predicted molar refractivity (Wildman–Crippen MR) is 115 cm³/mol. The molecule has 0 unspecified atom stereocenters. The Labute approximate surface area is 168 Å². The Bertz CT molecular complexity index is 992. The van der Waals surface area contributed by atoms with Crippen LogP contribution >= 0.6 is 11.3 Å². The second-order valence-electron chi connectivity index (χ2n) is 6.39. The molecular formula is C22H22N2O3S. The highest BCUT2D eigenvalue weighted by Gasteiger charge is 2.14. The minimum atomic E-state index is -0.152. The maximum atomic E-state index is 12.7. The van der Waals surface area contributed by atoms with Crippen molar-refractivity contribution in [3.8, 4) is 16.9 Å². The molecule has 0 aliphatic carbocycles. The third-order valence-electron chi connectivity index (χ3n) is 4.53. The molecule has 0 radical (unpaired) electrons. The van der Waals surface area contributed by atoms with Gasteiger partial charge >= 0.3 is 0 Å². The van der Waals surface area contributed by atoms with Gasteiger partial charge in [-0.05, 0) is 60.5 Å². The highest BCUT2D eigenvalue weighted by Crippen LogP contribution is 2.32. The number of hydrogen-bond donors (Lipinski definition) is 1. The van der Waals surface area contributed by atoms with E-state index in [1.54, 1.807) is 43.3 Å². The normalized spacial score (nSPS) is 10.4. The second kappa shape index (κ2) is 8.27. The van der Waals surface area contributed by atoms with E-state index in [0.717, 1.165) is 27.4 Å². The van der Waals surface area contributed by atoms with Crippen LogP contribution in [0, 0.1) is 6.92 Å². The van der Waals surface area contributed by atoms with Crippen molar-refractivity contribution in [3.05, 3.63) is 64.4 Å². The number of thiophene rings is 1. The van der Waals surface area contributed by atoms with Crippen LogP contribution in [0.15, 0.2) is 54.6 Å². The first kappa shape index (κ1) is 19.6. The number of hydrogen-bond acceptors (Lipinski definition) is 4. The van der Waals surface area contributed by atoms with Crippen LogP contribution in [0.1, 0.15) is 21.5 Å². The van der Waals surface area contributed by atoms with E-state index in [9.17, 15) is 9.59 Å². The predicted octanol–water partition coefficient (Wildman–Crippen LogP) is 4.97. The summed E-state index contributed by atoms with van der Waals surface area (Å²) in [5.74, 6) is 0.603. The highest BCUT2D eigenvalue weighted by atomic mass is 32.1. The van der Waals surface area contributed by atoms with E-state index in [0.29, 0.717) is 10.6 Å². The van der Waals surface area contributed by atoms with E-state index in [2.05, 4.69) is 5.32 Å². The summed E-state index contributed by atoms with van der Waals surface area (Å²) in [5.41, 5.74) is 3.54. The van der Waals surface area contributed by atoms with Crippen molar-refractivity contribution >= 4 is 34.5 Å². The zero-order valence-corrected chi connectivity index (χ0v) is 17.1. The summed E-state index contributed by atoms with van der Waals surface area (Å²) >= 11 is 1.46. The van der Waals surface area contributed by atoms with E-state index < -0.39 is 0 Å². The SMILES string of the molecule is COc1ccc(-c2cc(C(=O)Nc3ccc(N(C)C(C)=O)cc3)sc2C)cc1. The van der Waals surface area contributed by atoms with Crippen LogP contribution in [0.25, 0.3) is 11.1 Å². The lowest BCUT2D eigenvalue weighted by Crippen LogP contribution is -2.22. The van der Waals surface area contributed by atoms with Crippen LogP contribution in [-0.4, -0.2) is 26.0 Å². The molecule has 0 spiro atoms. The molecule has 0 fully saturated rings. The smallest absolute Gasteiger partial charge is 0.265 e. The minimum absolute atomic E-state index is 0.0445. The van der Waals surface area contributed by atoms with Gasteiger partial charge in [0.2, 0.25) is 5.91 Å². The van der Waals surface area contributed by atoms with Crippen molar-refractivity contribution in [1.82, 2.24) is 0 Å². The summed E-state index contributed by atoms with van der Waals surface area (Å²) in [7, 11) is 3.35. The maximum absolute atomic E-state index is 12.7. The Morgan fingerprint density at radius 1 is 1.04 bits per heavy atom. The van der Waals surface area contributed by atoms with E-state index >= 15 is 0 Å². The first-order valence-electron chi connectivity index (χ1n) is 8.79. The van der Waals surface area contributed by atoms with Gasteiger partial charge in [-0.1, -0.05) is 12.1 Å². The van der Waals surface area contributed by atoms with Crippen molar-refractivity contribution in [1.29, 1.82) is 0 Å². The summed E-state index contributed by atoms with van der Waals surface area (Å²) < 4.78 is 5.20. The fourth-order valence-corrected chi connectivity index (χ4v) is 3.73. The number of methoxy groups -OCH3 is 1. The van der Waals surface area contributed by atoms with Crippen molar-refractivity contribution in [2.45, 2.75) is 13.8 Å². The first-order chi connectivity index (χ1) is 13.4. The van der Waals surface area contributed by atoms with Crippen molar-refractivity contribution in [2.75, 3.05) is 24.4 Å². The number of ether oxygens (including phenoxy) is 1. The van der Waals surface area contributed by atoms with Gasteiger partial charge in [-0.15, -0.1) is 11.3 Å². The maximum Gasteiger partial charge on any atom is 0.265 e. The van der Waals surface area contributed by atoms with Gasteiger partial charge in [0.1, 0.15) is 5.75 Å². The number of benzene rings is 2. The summed E-state index contributed by atoms with van der Waals surface area (Å²) in [6.07, 6.45) is 0. The van der Waals surface area contributed by atoms with Gasteiger partial charge < -0.3 is 15.0 Å². The Morgan fingerprint density at radius 2 is 1.68 bits per heavy atom. The van der Waals surface area contributed by atoms with Gasteiger partial charge in [0.05, 0.1) is 12.0 Å². The molecule has 0 aliphatic heterocycles. The fraction of sp³-hybridized carbons (Fsp3) is 0.182. The van der Waals surface area contributed by atoms with Gasteiger partial charge in [-0.25, -0.2) is 0 Å². The Kier molecular flexibility index (Phi) is 5.80. The number of anilines is 2. The van der Waals surface area contributed by atoms with Gasteiger partial charge in [0, 0.05) is 30.2 Å². The van der Waals surface area contributed by atoms with E-state index in [4.69, 9.17) is 4.74 Å². The summed E-state index contributed by atoms with van der Waals surface area (Å²) in [5, 5.41) is 2.91. The molecule has 0 saturated heterocycles. The number of nitrogens with one attached hydrogen (secondary N) is 1. The molecule has 0 aliphatic rings. The fourth-order valence-electron chi connectivity index (χ4n) is 2.79. The van der Waals surface area contributed by atoms with Gasteiger partial charge in [0.25, 0.3) is 5.91 Å². The number of rotatable bonds is 5. The number of aryl methyl sites for hydroxylation is 1. The molecule has 3 rings (SSSR count). The third-order valence-corrected chi connectivity index (χ3v) is 5.58. The van der Waals surface area contributed by atoms with Gasteiger partial charge in [0.15, 0.2) is 0 Å². The van der Waals surface area contributed by atoms with Gasteiger partial charge in [-0.3, -0.25) is 9.59 Å². The lowest BCUT2D eigenvalue weighted by molar-refractivity contribution is -0.116. The molecule has 1 heterocycles. The van der Waals surface area contributed by atoms with Gasteiger partial charge in [-0.2, -0.15) is 0 Å². The Balaban J connectivity index is 1.75. The van der Waals surface area contributed by atoms with Crippen LogP contribution in [0.5, 0.6) is 5.75 Å². The number of amides is 2. The standard InChI is InChI=1S/C22H22N2O3S/c1-14-20(16-5-11-19(27-4)12-6-16)13-21(28-14)22(26)23-17-7-9-18(10-8-17)24(3)15(2)25/h5-13H,1-4H3,(H,23,26). The molecule has 3 aromatic rings. The average Bonchev–Trinajstić information content (AvgIpc) is 3.10. The molecule has 144 valence electrons. The first-order valence-corrected chi connectivity index (χ1v) is 9.61. The summed E-state index contributed by atoms with van der Waals surface area (Å²) in [6, 6.07) is 16.9. The molecule has 2 aromatic carbocycles. The molecule has 1 N–H and O–H groups in total. The summed E-state index contributed by atoms with van der Waals surface area (Å²) in [4.78, 5) is 27.4. The molecule has 5 nitrogen and oxygen atoms in total. The molecule has 28 heavy (non-hydrogen) atoms. The van der Waals surface area contributed by atoms with Crippen molar-refractivity contribution in [3.63, 3.8) is 0 Å². The molecular weight excluding hydrogens is 372 g/mol. The van der Waals surface area contributed by atoms with Crippen LogP contribution in [-0.2, 0) is 4.79 Å². The number of nitrogens with zero attached hydrogens (tertiary/aromatic N) is 1. The minimum Gasteiger partial charge on any atom is -0.497 e. The number of carbonyl (C=O) groups is 2. The zero-order valence-electron chi connectivity index (χ0n) is 16.3. The Morgan fingerprint density at radius 3 is 2.25 bits per heavy atom. The number of carbonyl (C=O) groups excluding carboxylic acids is 2. The molecule has 0 bridgehead atoms.